The van der Waals surface area contributed by atoms with Crippen LogP contribution in [0.25, 0.3) is 6.08 Å². The van der Waals surface area contributed by atoms with E-state index in [1.54, 1.807) is 12.2 Å². The van der Waals surface area contributed by atoms with Crippen molar-refractivity contribution in [2.75, 3.05) is 12.3 Å². The fourth-order valence-electron chi connectivity index (χ4n) is 0.784. The van der Waals surface area contributed by atoms with Crippen LogP contribution in [0, 0.1) is 5.82 Å². The summed E-state index contributed by atoms with van der Waals surface area (Å²) < 4.78 is 12.5. The number of halogens is 1. The van der Waals surface area contributed by atoms with Crippen molar-refractivity contribution in [2.24, 2.45) is 5.73 Å². The summed E-state index contributed by atoms with van der Waals surface area (Å²) in [7, 11) is 0. The number of aromatic nitrogens is 1. The van der Waals surface area contributed by atoms with Crippen LogP contribution in [0.3, 0.4) is 0 Å². The van der Waals surface area contributed by atoms with Gasteiger partial charge in [-0.1, -0.05) is 6.08 Å². The molecule has 4 heteroatoms. The Morgan fingerprint density at radius 2 is 2.33 bits per heavy atom. The summed E-state index contributed by atoms with van der Waals surface area (Å²) in [5.41, 5.74) is 11.6. The Hall–Kier alpha value is -1.42. The van der Waals surface area contributed by atoms with Gasteiger partial charge in [-0.05, 0) is 6.08 Å². The molecule has 3 nitrogen and oxygen atoms in total. The van der Waals surface area contributed by atoms with E-state index < -0.39 is 5.82 Å². The van der Waals surface area contributed by atoms with Crippen LogP contribution in [0.4, 0.5) is 10.1 Å². The molecular weight excluding hydrogens is 157 g/mol. The second kappa shape index (κ2) is 3.82. The van der Waals surface area contributed by atoms with Gasteiger partial charge in [-0.25, -0.2) is 4.39 Å². The standard InChI is InChI=1S/C8H10FN3/c9-6-4-7(11)8(12-5-6)2-1-3-10/h1-2,4-5H,3,10-11H2. The van der Waals surface area contributed by atoms with E-state index in [1.165, 1.54) is 6.07 Å². The van der Waals surface area contributed by atoms with Gasteiger partial charge in [0.25, 0.3) is 0 Å². The van der Waals surface area contributed by atoms with Gasteiger partial charge in [0.05, 0.1) is 17.6 Å². The summed E-state index contributed by atoms with van der Waals surface area (Å²) in [6.07, 6.45) is 4.48. The van der Waals surface area contributed by atoms with E-state index in [-0.39, 0.29) is 0 Å². The maximum Gasteiger partial charge on any atom is 0.143 e. The van der Waals surface area contributed by atoms with Gasteiger partial charge in [0.15, 0.2) is 0 Å². The van der Waals surface area contributed by atoms with Gasteiger partial charge in [-0.3, -0.25) is 4.98 Å². The lowest BCUT2D eigenvalue weighted by atomic mass is 10.3. The molecule has 0 fully saturated rings. The molecule has 0 amide bonds. The smallest absolute Gasteiger partial charge is 0.143 e. The Kier molecular flexibility index (Phi) is 2.76. The fraction of sp³-hybridized carbons (Fsp3) is 0.125. The summed E-state index contributed by atoms with van der Waals surface area (Å²) in [4.78, 5) is 3.77. The van der Waals surface area contributed by atoms with E-state index in [1.807, 2.05) is 0 Å². The van der Waals surface area contributed by atoms with Crippen LogP contribution in [0.2, 0.25) is 0 Å². The fourth-order valence-corrected chi connectivity index (χ4v) is 0.784. The van der Waals surface area contributed by atoms with E-state index in [2.05, 4.69) is 4.98 Å². The molecule has 0 aromatic carbocycles. The van der Waals surface area contributed by atoms with Crippen molar-refractivity contribution in [1.82, 2.24) is 4.98 Å². The molecular formula is C8H10FN3. The van der Waals surface area contributed by atoms with Crippen molar-refractivity contribution in [2.45, 2.75) is 0 Å². The number of anilines is 1. The number of hydrogen-bond acceptors (Lipinski definition) is 3. The number of hydrogen-bond donors (Lipinski definition) is 2. The molecule has 0 bridgehead atoms. The topological polar surface area (TPSA) is 64.9 Å². The number of nitrogen functional groups attached to an aromatic ring is 1. The van der Waals surface area contributed by atoms with Gasteiger partial charge in [0.2, 0.25) is 0 Å². The summed E-state index contributed by atoms with van der Waals surface area (Å²) >= 11 is 0. The zero-order valence-corrected chi connectivity index (χ0v) is 6.50. The zero-order chi connectivity index (χ0) is 8.97. The third-order valence-electron chi connectivity index (χ3n) is 1.33. The molecule has 0 aliphatic heterocycles. The SMILES string of the molecule is NCC=Cc1ncc(F)cc1N. The predicted molar refractivity (Wildman–Crippen MR) is 46.7 cm³/mol. The number of nitrogens with two attached hydrogens (primary N) is 2. The lowest BCUT2D eigenvalue weighted by Crippen LogP contribution is -1.96. The van der Waals surface area contributed by atoms with Crippen LogP contribution < -0.4 is 11.5 Å². The van der Waals surface area contributed by atoms with E-state index in [0.29, 0.717) is 17.9 Å². The van der Waals surface area contributed by atoms with Gasteiger partial charge in [-0.15, -0.1) is 0 Å². The minimum absolute atomic E-state index is 0.319. The van der Waals surface area contributed by atoms with E-state index in [0.717, 1.165) is 6.20 Å². The highest BCUT2D eigenvalue weighted by atomic mass is 19.1. The van der Waals surface area contributed by atoms with Crippen LogP contribution in [0.15, 0.2) is 18.3 Å². The van der Waals surface area contributed by atoms with Gasteiger partial charge in [0, 0.05) is 12.6 Å². The van der Waals surface area contributed by atoms with Gasteiger partial charge in [-0.2, -0.15) is 0 Å². The second-order valence-electron chi connectivity index (χ2n) is 2.27. The van der Waals surface area contributed by atoms with Crippen molar-refractivity contribution in [3.63, 3.8) is 0 Å². The first-order valence-electron chi connectivity index (χ1n) is 3.51. The van der Waals surface area contributed by atoms with E-state index in [4.69, 9.17) is 11.5 Å². The molecule has 1 aromatic heterocycles. The number of nitrogens with zero attached hydrogens (tertiary/aromatic N) is 1. The second-order valence-corrected chi connectivity index (χ2v) is 2.27. The predicted octanol–water partition coefficient (Wildman–Crippen LogP) is 0.775. The highest BCUT2D eigenvalue weighted by molar-refractivity contribution is 5.60. The first-order chi connectivity index (χ1) is 5.74. The normalized spacial score (nSPS) is 10.8. The van der Waals surface area contributed by atoms with Crippen molar-refractivity contribution in [3.8, 4) is 0 Å². The Morgan fingerprint density at radius 3 is 2.92 bits per heavy atom. The molecule has 1 aromatic rings. The van der Waals surface area contributed by atoms with Crippen molar-refractivity contribution >= 4 is 11.8 Å². The molecule has 0 aliphatic rings. The molecule has 0 radical (unpaired) electrons. The molecule has 1 rings (SSSR count). The van der Waals surface area contributed by atoms with Crippen LogP contribution in [-0.2, 0) is 0 Å². The minimum atomic E-state index is -0.433. The van der Waals surface area contributed by atoms with Crippen LogP contribution in [0.1, 0.15) is 5.69 Å². The van der Waals surface area contributed by atoms with Gasteiger partial charge < -0.3 is 11.5 Å². The Bertz CT molecular complexity index is 296. The quantitative estimate of drug-likeness (QED) is 0.683. The average molecular weight is 167 g/mol. The van der Waals surface area contributed by atoms with Crippen LogP contribution in [0.5, 0.6) is 0 Å². The molecule has 0 atom stereocenters. The summed E-state index contributed by atoms with van der Waals surface area (Å²) in [6.45, 7) is 0.415. The molecule has 0 spiro atoms. The molecule has 4 N–H and O–H groups in total. The monoisotopic (exact) mass is 167 g/mol. The largest absolute Gasteiger partial charge is 0.397 e. The molecule has 0 saturated carbocycles. The lowest BCUT2D eigenvalue weighted by molar-refractivity contribution is 0.622. The Balaban J connectivity index is 2.94. The maximum atomic E-state index is 12.5. The minimum Gasteiger partial charge on any atom is -0.397 e. The van der Waals surface area contributed by atoms with Crippen molar-refractivity contribution < 1.29 is 4.39 Å². The first-order valence-corrected chi connectivity index (χ1v) is 3.51. The lowest BCUT2D eigenvalue weighted by Gasteiger charge is -1.97. The maximum absolute atomic E-state index is 12.5. The molecule has 0 unspecified atom stereocenters. The van der Waals surface area contributed by atoms with Gasteiger partial charge in [0.1, 0.15) is 5.82 Å². The molecule has 12 heavy (non-hydrogen) atoms. The van der Waals surface area contributed by atoms with Crippen molar-refractivity contribution in [1.29, 1.82) is 0 Å². The van der Waals surface area contributed by atoms with Gasteiger partial charge >= 0.3 is 0 Å². The van der Waals surface area contributed by atoms with Crippen LogP contribution in [-0.4, -0.2) is 11.5 Å². The van der Waals surface area contributed by atoms with E-state index in [9.17, 15) is 4.39 Å². The highest BCUT2D eigenvalue weighted by Crippen LogP contribution is 2.10. The first kappa shape index (κ1) is 8.67. The average Bonchev–Trinajstić information content (AvgIpc) is 2.03. The summed E-state index contributed by atoms with van der Waals surface area (Å²) in [5.74, 6) is -0.433. The Morgan fingerprint density at radius 1 is 1.58 bits per heavy atom. The molecule has 64 valence electrons. The highest BCUT2D eigenvalue weighted by Gasteiger charge is 1.97. The third-order valence-corrected chi connectivity index (χ3v) is 1.33. The van der Waals surface area contributed by atoms with Crippen LogP contribution >= 0.6 is 0 Å². The molecule has 0 aliphatic carbocycles. The number of rotatable bonds is 2. The number of pyridine rings is 1. The Labute approximate surface area is 69.9 Å². The summed E-state index contributed by atoms with van der Waals surface area (Å²) in [5, 5.41) is 0. The molecule has 1 heterocycles. The molecule has 0 saturated heterocycles. The third kappa shape index (κ3) is 2.03. The van der Waals surface area contributed by atoms with Crippen molar-refractivity contribution in [3.05, 3.63) is 29.9 Å². The van der Waals surface area contributed by atoms with E-state index >= 15 is 0 Å². The zero-order valence-electron chi connectivity index (χ0n) is 6.50. The summed E-state index contributed by atoms with van der Waals surface area (Å²) in [6, 6.07) is 1.23.